The summed E-state index contributed by atoms with van der Waals surface area (Å²) in [5.41, 5.74) is -3.59. The average Bonchev–Trinajstić information content (AvgIpc) is 3.45. The van der Waals surface area contributed by atoms with Crippen molar-refractivity contribution < 1.29 is 27.9 Å². The third-order valence-corrected chi connectivity index (χ3v) is 7.89. The number of thioether (sulfide) groups is 1. The lowest BCUT2D eigenvalue weighted by Gasteiger charge is -2.36. The molecule has 3 aromatic heterocycles. The van der Waals surface area contributed by atoms with E-state index in [9.17, 15) is 32.7 Å². The van der Waals surface area contributed by atoms with E-state index in [1.807, 2.05) is 11.8 Å². The summed E-state index contributed by atoms with van der Waals surface area (Å²) in [5, 5.41) is 20.0. The Kier molecular flexibility index (Phi) is 8.85. The van der Waals surface area contributed by atoms with Crippen LogP contribution in [0.2, 0.25) is 0 Å². The highest BCUT2D eigenvalue weighted by Crippen LogP contribution is 2.37. The highest BCUT2D eigenvalue weighted by Gasteiger charge is 2.31. The van der Waals surface area contributed by atoms with Crippen molar-refractivity contribution in [1.29, 1.82) is 0 Å². The van der Waals surface area contributed by atoms with Gasteiger partial charge >= 0.3 is 5.51 Å². The van der Waals surface area contributed by atoms with Crippen molar-refractivity contribution in [3.05, 3.63) is 58.0 Å². The van der Waals surface area contributed by atoms with Gasteiger partial charge in [0, 0.05) is 43.8 Å². The van der Waals surface area contributed by atoms with Gasteiger partial charge in [0.15, 0.2) is 11.4 Å². The molecule has 0 atom stereocenters. The van der Waals surface area contributed by atoms with E-state index in [1.165, 1.54) is 35.5 Å². The normalized spacial score (nSPS) is 13.7. The molecule has 1 aliphatic rings. The summed E-state index contributed by atoms with van der Waals surface area (Å²) in [5.74, 6) is -0.957. The summed E-state index contributed by atoms with van der Waals surface area (Å²) in [6.07, 6.45) is 1.55. The van der Waals surface area contributed by atoms with Crippen LogP contribution in [-0.2, 0) is 17.8 Å². The van der Waals surface area contributed by atoms with Crippen LogP contribution in [0.25, 0.3) is 5.78 Å². The predicted octanol–water partition coefficient (Wildman–Crippen LogP) is 2.51. The maximum atomic E-state index is 13.8. The van der Waals surface area contributed by atoms with Gasteiger partial charge in [-0.1, -0.05) is 6.92 Å². The molecule has 0 unspecified atom stereocenters. The fourth-order valence-corrected chi connectivity index (χ4v) is 5.56. The molecule has 1 aliphatic heterocycles. The van der Waals surface area contributed by atoms with Gasteiger partial charge in [-0.25, -0.2) is 9.97 Å². The quantitative estimate of drug-likeness (QED) is 0.241. The second-order valence-corrected chi connectivity index (χ2v) is 11.1. The molecule has 4 aromatic rings. The van der Waals surface area contributed by atoms with Gasteiger partial charge in [-0.05, 0) is 49.4 Å². The molecular formula is C27H29F3N10O4S. The number of aromatic hydroxyl groups is 1. The Bertz CT molecular complexity index is 1800. The van der Waals surface area contributed by atoms with Gasteiger partial charge < -0.3 is 30.1 Å². The van der Waals surface area contributed by atoms with Crippen LogP contribution in [0, 0.1) is 6.92 Å². The van der Waals surface area contributed by atoms with Crippen molar-refractivity contribution in [2.24, 2.45) is 0 Å². The Hall–Kier alpha value is -4.87. The molecule has 1 aromatic carbocycles. The molecule has 14 nitrogen and oxygen atoms in total. The molecule has 0 bridgehead atoms. The third kappa shape index (κ3) is 6.64. The van der Waals surface area contributed by atoms with Crippen molar-refractivity contribution in [3.63, 3.8) is 0 Å². The minimum atomic E-state index is -4.43. The molecule has 18 heteroatoms. The van der Waals surface area contributed by atoms with Gasteiger partial charge in [-0.3, -0.25) is 14.4 Å². The van der Waals surface area contributed by atoms with Crippen LogP contribution >= 0.6 is 11.8 Å². The molecular weight excluding hydrogens is 617 g/mol. The Labute approximate surface area is 258 Å². The van der Waals surface area contributed by atoms with Crippen LogP contribution in [0.5, 0.6) is 5.75 Å². The number of aromatic nitrogens is 6. The molecule has 5 rings (SSSR count). The maximum Gasteiger partial charge on any atom is 0.446 e. The molecule has 45 heavy (non-hydrogen) atoms. The van der Waals surface area contributed by atoms with Gasteiger partial charge in [0.2, 0.25) is 17.6 Å². The van der Waals surface area contributed by atoms with Crippen molar-refractivity contribution in [3.8, 4) is 5.75 Å². The van der Waals surface area contributed by atoms with E-state index in [-0.39, 0.29) is 78.2 Å². The molecule has 1 saturated heterocycles. The van der Waals surface area contributed by atoms with E-state index >= 15 is 0 Å². The first-order valence-electron chi connectivity index (χ1n) is 13.8. The summed E-state index contributed by atoms with van der Waals surface area (Å²) >= 11 is -0.254. The third-order valence-electron chi connectivity index (χ3n) is 7.15. The van der Waals surface area contributed by atoms with E-state index in [0.717, 1.165) is 4.52 Å². The number of anilines is 3. The summed E-state index contributed by atoms with van der Waals surface area (Å²) in [6, 6.07) is 5.27. The number of amides is 2. The number of piperazine rings is 1. The molecule has 238 valence electrons. The summed E-state index contributed by atoms with van der Waals surface area (Å²) < 4.78 is 40.7. The Morgan fingerprint density at radius 2 is 1.78 bits per heavy atom. The van der Waals surface area contributed by atoms with E-state index in [1.54, 1.807) is 18.5 Å². The van der Waals surface area contributed by atoms with Crippen LogP contribution in [0.1, 0.15) is 28.8 Å². The van der Waals surface area contributed by atoms with Crippen molar-refractivity contribution in [2.75, 3.05) is 48.8 Å². The van der Waals surface area contributed by atoms with E-state index in [2.05, 4.69) is 30.7 Å². The summed E-state index contributed by atoms with van der Waals surface area (Å²) in [4.78, 5) is 55.6. The fourth-order valence-electron chi connectivity index (χ4n) is 5.03. The number of carbonyl (C=O) groups is 2. The Morgan fingerprint density at radius 1 is 1.09 bits per heavy atom. The van der Waals surface area contributed by atoms with E-state index in [4.69, 9.17) is 0 Å². The summed E-state index contributed by atoms with van der Waals surface area (Å²) in [7, 11) is 1.59. The largest absolute Gasteiger partial charge is 0.504 e. The van der Waals surface area contributed by atoms with Gasteiger partial charge in [0.05, 0.1) is 11.4 Å². The molecule has 0 saturated carbocycles. The van der Waals surface area contributed by atoms with Crippen LogP contribution in [0.15, 0.2) is 40.3 Å². The number of rotatable bonds is 8. The second kappa shape index (κ2) is 12.6. The minimum absolute atomic E-state index is 0.0191. The molecule has 4 heterocycles. The zero-order chi connectivity index (χ0) is 32.5. The molecule has 0 spiro atoms. The van der Waals surface area contributed by atoms with Gasteiger partial charge in [0.1, 0.15) is 18.6 Å². The van der Waals surface area contributed by atoms with E-state index < -0.39 is 22.9 Å². The Morgan fingerprint density at radius 3 is 2.40 bits per heavy atom. The zero-order valence-corrected chi connectivity index (χ0v) is 25.2. The Balaban J connectivity index is 1.41. The highest BCUT2D eigenvalue weighted by molar-refractivity contribution is 8.00. The lowest BCUT2D eigenvalue weighted by atomic mass is 10.2. The van der Waals surface area contributed by atoms with Gasteiger partial charge in [-0.15, -0.1) is 5.10 Å². The second-order valence-electron chi connectivity index (χ2n) is 9.99. The molecule has 2 amide bonds. The number of nitrogens with one attached hydrogen (secondary N) is 2. The van der Waals surface area contributed by atoms with Crippen LogP contribution < -0.4 is 21.1 Å². The number of hydrogen-bond acceptors (Lipinski definition) is 11. The first kappa shape index (κ1) is 31.6. The van der Waals surface area contributed by atoms with Crippen LogP contribution in [0.3, 0.4) is 0 Å². The first-order chi connectivity index (χ1) is 21.4. The van der Waals surface area contributed by atoms with E-state index in [0.29, 0.717) is 23.5 Å². The van der Waals surface area contributed by atoms with Gasteiger partial charge in [0.25, 0.3) is 11.5 Å². The van der Waals surface area contributed by atoms with Crippen molar-refractivity contribution in [2.45, 2.75) is 37.2 Å². The number of hydrogen-bond donors (Lipinski definition) is 3. The highest BCUT2D eigenvalue weighted by atomic mass is 32.2. The number of aryl methyl sites for hydroxylation is 1. The zero-order valence-electron chi connectivity index (χ0n) is 24.4. The molecule has 0 radical (unpaired) electrons. The number of alkyl halides is 3. The first-order valence-corrected chi connectivity index (χ1v) is 14.6. The molecule has 1 fully saturated rings. The smallest absolute Gasteiger partial charge is 0.446 e. The topological polar surface area (TPSA) is 163 Å². The monoisotopic (exact) mass is 646 g/mol. The lowest BCUT2D eigenvalue weighted by molar-refractivity contribution is -0.116. The number of fused-ring (bicyclic) bond motifs is 1. The maximum absolute atomic E-state index is 13.8. The average molecular weight is 647 g/mol. The van der Waals surface area contributed by atoms with Gasteiger partial charge in [-0.2, -0.15) is 22.7 Å². The standard InChI is InChI=1S/C27H29F3N10O4S/c1-4-18-21(37-9-11-38(12-10-37)23(43)20-22(42)15(2)32-14-33-20)24(44)40-26(35-25(31-3)36-40)39(18)13-19(41)34-16-5-7-17(8-6-16)45-27(28,29)30/h5-8,14,42H,4,9-13H2,1-3H3,(H,31,36)(H,34,41). The number of benzene rings is 1. The minimum Gasteiger partial charge on any atom is -0.504 e. The molecule has 0 aliphatic carbocycles. The number of carbonyl (C=O) groups excluding carboxylic acids is 2. The predicted molar refractivity (Wildman–Crippen MR) is 160 cm³/mol. The van der Waals surface area contributed by atoms with Crippen molar-refractivity contribution in [1.82, 2.24) is 34.0 Å². The summed E-state index contributed by atoms with van der Waals surface area (Å²) in [6.45, 7) is 4.12. The van der Waals surface area contributed by atoms with Crippen molar-refractivity contribution >= 4 is 46.7 Å². The SMILES string of the molecule is CCc1c(N2CCN(C(=O)c3ncnc(C)c3O)CC2)c(=O)n2nc(NC)nc2n1CC(=O)Nc1ccc(SC(F)(F)F)cc1. The lowest BCUT2D eigenvalue weighted by Crippen LogP contribution is -2.51. The molecule has 3 N–H and O–H groups in total. The van der Waals surface area contributed by atoms with Crippen LogP contribution in [-0.4, -0.2) is 89.7 Å². The number of nitrogens with zero attached hydrogens (tertiary/aromatic N) is 8. The number of halogens is 3. The van der Waals surface area contributed by atoms with Crippen LogP contribution in [0.4, 0.5) is 30.5 Å². The fraction of sp³-hybridized carbons (Fsp3) is 0.370.